The van der Waals surface area contributed by atoms with E-state index in [1.165, 1.54) is 0 Å². The zero-order valence-corrected chi connectivity index (χ0v) is 10.8. The summed E-state index contributed by atoms with van der Waals surface area (Å²) in [5, 5.41) is 0. The zero-order chi connectivity index (χ0) is 13.1. The fourth-order valence-electron chi connectivity index (χ4n) is 1.04. The summed E-state index contributed by atoms with van der Waals surface area (Å²) >= 11 is 0. The molecular weight excluding hydrogens is 220 g/mol. The maximum atomic E-state index is 11.4. The molecule has 17 heavy (non-hydrogen) atoms. The van der Waals surface area contributed by atoms with Gasteiger partial charge < -0.3 is 9.47 Å². The van der Waals surface area contributed by atoms with Crippen LogP contribution in [-0.4, -0.2) is 25.2 Å². The third kappa shape index (κ3) is 8.48. The van der Waals surface area contributed by atoms with Crippen molar-refractivity contribution in [2.45, 2.75) is 46.0 Å². The smallest absolute Gasteiger partial charge is 0.333 e. The van der Waals surface area contributed by atoms with Crippen LogP contribution < -0.4 is 0 Å². The molecule has 0 aromatic rings. The van der Waals surface area contributed by atoms with Crippen molar-refractivity contribution >= 4 is 11.9 Å². The number of rotatable bonds is 9. The molecule has 0 aliphatic rings. The van der Waals surface area contributed by atoms with Gasteiger partial charge in [-0.05, 0) is 12.8 Å². The molecule has 98 valence electrons. The Balaban J connectivity index is 3.75. The Kier molecular flexibility index (Phi) is 9.11. The molecule has 0 aliphatic heterocycles. The molecule has 0 radical (unpaired) electrons. The molecule has 0 amide bonds. The Bertz CT molecular complexity index is 258. The minimum Gasteiger partial charge on any atom is -0.465 e. The van der Waals surface area contributed by atoms with E-state index in [9.17, 15) is 9.59 Å². The summed E-state index contributed by atoms with van der Waals surface area (Å²) in [7, 11) is 0. The fraction of sp³-hybridized carbons (Fsp3) is 0.692. The number of esters is 2. The van der Waals surface area contributed by atoms with Crippen molar-refractivity contribution in [1.82, 2.24) is 0 Å². The molecule has 0 N–H and O–H groups in total. The molecule has 4 heteroatoms. The van der Waals surface area contributed by atoms with E-state index in [4.69, 9.17) is 9.47 Å². The van der Waals surface area contributed by atoms with Crippen molar-refractivity contribution in [1.29, 1.82) is 0 Å². The van der Waals surface area contributed by atoms with Gasteiger partial charge >= 0.3 is 11.9 Å². The highest BCUT2D eigenvalue weighted by atomic mass is 16.5. The second-order valence-corrected chi connectivity index (χ2v) is 3.84. The molecule has 0 aromatic carbocycles. The van der Waals surface area contributed by atoms with Crippen molar-refractivity contribution in [2.75, 3.05) is 13.2 Å². The van der Waals surface area contributed by atoms with Crippen LogP contribution in [0.25, 0.3) is 0 Å². The van der Waals surface area contributed by atoms with Crippen LogP contribution in [0.4, 0.5) is 0 Å². The van der Waals surface area contributed by atoms with E-state index in [1.807, 2.05) is 13.8 Å². The summed E-state index contributed by atoms with van der Waals surface area (Å²) in [6, 6.07) is 0. The lowest BCUT2D eigenvalue weighted by Gasteiger charge is -2.07. The SMILES string of the molecule is C=C(CC(=O)OCCCC)C(=O)OCCCC. The van der Waals surface area contributed by atoms with E-state index in [0.29, 0.717) is 13.2 Å². The molecule has 0 rings (SSSR count). The molecule has 0 saturated heterocycles. The molecule has 0 bridgehead atoms. The van der Waals surface area contributed by atoms with E-state index in [0.717, 1.165) is 25.7 Å². The molecule has 0 saturated carbocycles. The highest BCUT2D eigenvalue weighted by Crippen LogP contribution is 2.04. The number of ether oxygens (including phenoxy) is 2. The lowest BCUT2D eigenvalue weighted by molar-refractivity contribution is -0.146. The van der Waals surface area contributed by atoms with Gasteiger partial charge in [-0.15, -0.1) is 0 Å². The quantitative estimate of drug-likeness (QED) is 0.354. The summed E-state index contributed by atoms with van der Waals surface area (Å²) in [6.07, 6.45) is 3.49. The van der Waals surface area contributed by atoms with Crippen LogP contribution in [-0.2, 0) is 19.1 Å². The summed E-state index contributed by atoms with van der Waals surface area (Å²) in [4.78, 5) is 22.6. The van der Waals surface area contributed by atoms with Crippen molar-refractivity contribution in [3.05, 3.63) is 12.2 Å². The molecule has 0 unspecified atom stereocenters. The topological polar surface area (TPSA) is 52.6 Å². The molecule has 0 fully saturated rings. The van der Waals surface area contributed by atoms with E-state index >= 15 is 0 Å². The number of hydrogen-bond acceptors (Lipinski definition) is 4. The van der Waals surface area contributed by atoms with Crippen LogP contribution in [0, 0.1) is 0 Å². The first-order valence-electron chi connectivity index (χ1n) is 6.12. The predicted octanol–water partition coefficient (Wildman–Crippen LogP) is 2.62. The Morgan fingerprint density at radius 2 is 1.53 bits per heavy atom. The molecular formula is C13H22O4. The highest BCUT2D eigenvalue weighted by Gasteiger charge is 2.13. The molecule has 0 aliphatic carbocycles. The van der Waals surface area contributed by atoms with E-state index in [2.05, 4.69) is 6.58 Å². The van der Waals surface area contributed by atoms with Gasteiger partial charge in [-0.1, -0.05) is 33.3 Å². The van der Waals surface area contributed by atoms with Crippen LogP contribution in [0.5, 0.6) is 0 Å². The van der Waals surface area contributed by atoms with Gasteiger partial charge in [0, 0.05) is 5.57 Å². The summed E-state index contributed by atoms with van der Waals surface area (Å²) in [5.41, 5.74) is 0.155. The highest BCUT2D eigenvalue weighted by molar-refractivity contribution is 5.93. The van der Waals surface area contributed by atoms with Crippen molar-refractivity contribution < 1.29 is 19.1 Å². The van der Waals surface area contributed by atoms with Crippen LogP contribution in [0.1, 0.15) is 46.0 Å². The second-order valence-electron chi connectivity index (χ2n) is 3.84. The van der Waals surface area contributed by atoms with Crippen molar-refractivity contribution in [3.63, 3.8) is 0 Å². The van der Waals surface area contributed by atoms with Gasteiger partial charge in [0.2, 0.25) is 0 Å². The van der Waals surface area contributed by atoms with E-state index in [-0.39, 0.29) is 12.0 Å². The minimum atomic E-state index is -0.508. The van der Waals surface area contributed by atoms with Crippen LogP contribution in [0.2, 0.25) is 0 Å². The average Bonchev–Trinajstić information content (AvgIpc) is 2.29. The number of hydrogen-bond donors (Lipinski definition) is 0. The molecule has 0 spiro atoms. The summed E-state index contributed by atoms with van der Waals surface area (Å²) in [5.74, 6) is -0.929. The lowest BCUT2D eigenvalue weighted by Crippen LogP contribution is -2.13. The molecule has 0 atom stereocenters. The van der Waals surface area contributed by atoms with Gasteiger partial charge in [-0.3, -0.25) is 4.79 Å². The Morgan fingerprint density at radius 3 is 2.06 bits per heavy atom. The van der Waals surface area contributed by atoms with Gasteiger partial charge in [-0.25, -0.2) is 4.79 Å². The van der Waals surface area contributed by atoms with E-state index in [1.54, 1.807) is 0 Å². The average molecular weight is 242 g/mol. The standard InChI is InChI=1S/C13H22O4/c1-4-6-8-16-12(14)10-11(3)13(15)17-9-7-5-2/h3-10H2,1-2H3. The van der Waals surface area contributed by atoms with Crippen LogP contribution >= 0.6 is 0 Å². The molecule has 0 heterocycles. The number of carbonyl (C=O) groups excluding carboxylic acids is 2. The van der Waals surface area contributed by atoms with Gasteiger partial charge in [0.1, 0.15) is 0 Å². The molecule has 4 nitrogen and oxygen atoms in total. The normalized spacial score (nSPS) is 9.76. The van der Waals surface area contributed by atoms with Gasteiger partial charge in [0.05, 0.1) is 19.6 Å². The largest absolute Gasteiger partial charge is 0.465 e. The zero-order valence-electron chi connectivity index (χ0n) is 10.8. The Hall–Kier alpha value is -1.32. The third-order valence-electron chi connectivity index (χ3n) is 2.14. The lowest BCUT2D eigenvalue weighted by atomic mass is 10.2. The van der Waals surface area contributed by atoms with Gasteiger partial charge in [-0.2, -0.15) is 0 Å². The first-order valence-corrected chi connectivity index (χ1v) is 6.12. The maximum absolute atomic E-state index is 11.4. The first-order chi connectivity index (χ1) is 8.11. The van der Waals surface area contributed by atoms with E-state index < -0.39 is 11.9 Å². The number of unbranched alkanes of at least 4 members (excludes halogenated alkanes) is 2. The van der Waals surface area contributed by atoms with Crippen molar-refractivity contribution in [2.24, 2.45) is 0 Å². The minimum absolute atomic E-state index is 0.0886. The predicted molar refractivity (Wildman–Crippen MR) is 65.5 cm³/mol. The van der Waals surface area contributed by atoms with Gasteiger partial charge in [0.15, 0.2) is 0 Å². The van der Waals surface area contributed by atoms with Crippen LogP contribution in [0.3, 0.4) is 0 Å². The van der Waals surface area contributed by atoms with Gasteiger partial charge in [0.25, 0.3) is 0 Å². The number of carbonyl (C=O) groups is 2. The Labute approximate surface area is 103 Å². The third-order valence-corrected chi connectivity index (χ3v) is 2.14. The Morgan fingerprint density at radius 1 is 1.00 bits per heavy atom. The second kappa shape index (κ2) is 9.87. The summed E-state index contributed by atoms with van der Waals surface area (Å²) < 4.78 is 9.85. The maximum Gasteiger partial charge on any atom is 0.333 e. The molecule has 0 aromatic heterocycles. The monoisotopic (exact) mass is 242 g/mol. The first kappa shape index (κ1) is 15.7. The fourth-order valence-corrected chi connectivity index (χ4v) is 1.04. The summed E-state index contributed by atoms with van der Waals surface area (Å²) in [6.45, 7) is 8.32. The van der Waals surface area contributed by atoms with Crippen molar-refractivity contribution in [3.8, 4) is 0 Å². The van der Waals surface area contributed by atoms with Crippen LogP contribution in [0.15, 0.2) is 12.2 Å².